The quantitative estimate of drug-likeness (QED) is 0.848. The minimum Gasteiger partial charge on any atom is -0.462 e. The molecule has 0 bridgehead atoms. The first-order valence-corrected chi connectivity index (χ1v) is 6.15. The zero-order valence-electron chi connectivity index (χ0n) is 11.2. The SMILES string of the molecule is CCOC(=O)c1cc(N)cnc1Nc1cc(F)cc(F)c1. The van der Waals surface area contributed by atoms with Gasteiger partial charge in [0.25, 0.3) is 0 Å². The van der Waals surface area contributed by atoms with E-state index in [2.05, 4.69) is 10.3 Å². The zero-order valence-corrected chi connectivity index (χ0v) is 11.2. The van der Waals surface area contributed by atoms with Gasteiger partial charge in [-0.1, -0.05) is 0 Å². The van der Waals surface area contributed by atoms with Gasteiger partial charge in [-0.15, -0.1) is 0 Å². The van der Waals surface area contributed by atoms with Gasteiger partial charge in [0.05, 0.1) is 18.5 Å². The van der Waals surface area contributed by atoms with Gasteiger partial charge in [0, 0.05) is 11.8 Å². The molecule has 7 heteroatoms. The molecule has 1 aromatic carbocycles. The summed E-state index contributed by atoms with van der Waals surface area (Å²) in [6.45, 7) is 1.84. The minimum absolute atomic E-state index is 0.0847. The highest BCUT2D eigenvalue weighted by Crippen LogP contribution is 2.22. The van der Waals surface area contributed by atoms with Crippen LogP contribution >= 0.6 is 0 Å². The smallest absolute Gasteiger partial charge is 0.341 e. The highest BCUT2D eigenvalue weighted by Gasteiger charge is 2.15. The molecule has 0 saturated heterocycles. The number of carbonyl (C=O) groups is 1. The maximum absolute atomic E-state index is 13.2. The first kappa shape index (κ1) is 14.7. The molecule has 1 aromatic heterocycles. The lowest BCUT2D eigenvalue weighted by Gasteiger charge is -2.11. The number of aromatic nitrogens is 1. The van der Waals surface area contributed by atoms with Gasteiger partial charge in [0.2, 0.25) is 0 Å². The van der Waals surface area contributed by atoms with Crippen LogP contribution in [-0.2, 0) is 4.74 Å². The van der Waals surface area contributed by atoms with Crippen LogP contribution in [-0.4, -0.2) is 17.6 Å². The molecular weight excluding hydrogens is 280 g/mol. The first-order valence-electron chi connectivity index (χ1n) is 6.15. The molecule has 2 rings (SSSR count). The number of hydrogen-bond donors (Lipinski definition) is 2. The molecule has 1 heterocycles. The topological polar surface area (TPSA) is 77.2 Å². The summed E-state index contributed by atoms with van der Waals surface area (Å²) in [5.41, 5.74) is 6.06. The number of nitrogens with one attached hydrogen (secondary N) is 1. The Morgan fingerprint density at radius 1 is 1.29 bits per heavy atom. The van der Waals surface area contributed by atoms with E-state index in [4.69, 9.17) is 10.5 Å². The molecule has 0 fully saturated rings. The molecule has 0 spiro atoms. The highest BCUT2D eigenvalue weighted by molar-refractivity contribution is 5.96. The third kappa shape index (κ3) is 3.65. The van der Waals surface area contributed by atoms with Crippen LogP contribution in [0.25, 0.3) is 0 Å². The summed E-state index contributed by atoms with van der Waals surface area (Å²) in [4.78, 5) is 15.8. The molecule has 0 unspecified atom stereocenters. The van der Waals surface area contributed by atoms with Crippen LogP contribution in [0.2, 0.25) is 0 Å². The number of hydrogen-bond acceptors (Lipinski definition) is 5. The lowest BCUT2D eigenvalue weighted by Crippen LogP contribution is -2.10. The summed E-state index contributed by atoms with van der Waals surface area (Å²) in [7, 11) is 0. The number of esters is 1. The van der Waals surface area contributed by atoms with Crippen molar-refractivity contribution in [1.29, 1.82) is 0 Å². The van der Waals surface area contributed by atoms with E-state index in [1.807, 2.05) is 0 Å². The molecule has 3 N–H and O–H groups in total. The average molecular weight is 293 g/mol. The van der Waals surface area contributed by atoms with Crippen LogP contribution in [0, 0.1) is 11.6 Å². The van der Waals surface area contributed by atoms with Crippen LogP contribution in [0.5, 0.6) is 0 Å². The van der Waals surface area contributed by atoms with Crippen LogP contribution in [0.4, 0.5) is 26.0 Å². The van der Waals surface area contributed by atoms with Crippen LogP contribution in [0.3, 0.4) is 0 Å². The van der Waals surface area contributed by atoms with E-state index in [-0.39, 0.29) is 29.4 Å². The predicted octanol–water partition coefficient (Wildman–Crippen LogP) is 2.86. The molecule has 5 nitrogen and oxygen atoms in total. The van der Waals surface area contributed by atoms with E-state index < -0.39 is 17.6 Å². The standard InChI is InChI=1S/C14H13F2N3O2/c1-2-21-14(20)12-6-10(17)7-18-13(12)19-11-4-8(15)3-9(16)5-11/h3-7H,2,17H2,1H3,(H,18,19). The Morgan fingerprint density at radius 3 is 2.57 bits per heavy atom. The fourth-order valence-electron chi connectivity index (χ4n) is 1.71. The molecular formula is C14H13F2N3O2. The van der Waals surface area contributed by atoms with Crippen molar-refractivity contribution in [2.45, 2.75) is 6.92 Å². The van der Waals surface area contributed by atoms with Crippen molar-refractivity contribution in [1.82, 2.24) is 4.98 Å². The Balaban J connectivity index is 2.37. The third-order valence-corrected chi connectivity index (χ3v) is 2.53. The van der Waals surface area contributed by atoms with E-state index >= 15 is 0 Å². The summed E-state index contributed by atoms with van der Waals surface area (Å²) < 4.78 is 31.2. The van der Waals surface area contributed by atoms with Crippen molar-refractivity contribution in [3.63, 3.8) is 0 Å². The Morgan fingerprint density at radius 2 is 1.95 bits per heavy atom. The van der Waals surface area contributed by atoms with E-state index in [9.17, 15) is 13.6 Å². The van der Waals surface area contributed by atoms with Crippen LogP contribution in [0.1, 0.15) is 17.3 Å². The monoisotopic (exact) mass is 293 g/mol. The maximum Gasteiger partial charge on any atom is 0.341 e. The van der Waals surface area contributed by atoms with Crippen molar-refractivity contribution in [3.05, 3.63) is 47.7 Å². The summed E-state index contributed by atoms with van der Waals surface area (Å²) in [5.74, 6) is -2.01. The van der Waals surface area contributed by atoms with Crippen LogP contribution < -0.4 is 11.1 Å². The second-order valence-corrected chi connectivity index (χ2v) is 4.17. The van der Waals surface area contributed by atoms with Gasteiger partial charge >= 0.3 is 5.97 Å². The number of halogens is 2. The molecule has 0 atom stereocenters. The molecule has 0 radical (unpaired) electrons. The molecule has 2 aromatic rings. The fraction of sp³-hybridized carbons (Fsp3) is 0.143. The lowest BCUT2D eigenvalue weighted by molar-refractivity contribution is 0.0527. The predicted molar refractivity (Wildman–Crippen MR) is 74.2 cm³/mol. The summed E-state index contributed by atoms with van der Waals surface area (Å²) >= 11 is 0. The number of nitrogens with two attached hydrogens (primary N) is 1. The van der Waals surface area contributed by atoms with Gasteiger partial charge in [-0.05, 0) is 25.1 Å². The largest absolute Gasteiger partial charge is 0.462 e. The number of pyridine rings is 1. The van der Waals surface area contributed by atoms with Gasteiger partial charge < -0.3 is 15.8 Å². The van der Waals surface area contributed by atoms with Crippen molar-refractivity contribution >= 4 is 23.2 Å². The van der Waals surface area contributed by atoms with Crippen molar-refractivity contribution in [2.24, 2.45) is 0 Å². The van der Waals surface area contributed by atoms with Gasteiger partial charge in [0.1, 0.15) is 23.0 Å². The van der Waals surface area contributed by atoms with E-state index in [0.29, 0.717) is 0 Å². The summed E-state index contributed by atoms with van der Waals surface area (Å²) in [5, 5.41) is 2.67. The number of ether oxygens (including phenoxy) is 1. The van der Waals surface area contributed by atoms with Crippen molar-refractivity contribution < 1.29 is 18.3 Å². The van der Waals surface area contributed by atoms with Gasteiger partial charge in [0.15, 0.2) is 0 Å². The second kappa shape index (κ2) is 6.17. The van der Waals surface area contributed by atoms with E-state index in [1.54, 1.807) is 6.92 Å². The fourth-order valence-corrected chi connectivity index (χ4v) is 1.71. The molecule has 0 amide bonds. The van der Waals surface area contributed by atoms with E-state index in [0.717, 1.165) is 18.2 Å². The Kier molecular flexibility index (Phi) is 4.32. The Bertz CT molecular complexity index is 657. The lowest BCUT2D eigenvalue weighted by atomic mass is 10.2. The zero-order chi connectivity index (χ0) is 15.4. The number of nitrogen functional groups attached to an aromatic ring is 1. The second-order valence-electron chi connectivity index (χ2n) is 4.17. The molecule has 21 heavy (non-hydrogen) atoms. The normalized spacial score (nSPS) is 10.2. The molecule has 0 aliphatic rings. The number of benzene rings is 1. The minimum atomic E-state index is -0.745. The first-order chi connectivity index (χ1) is 9.99. The van der Waals surface area contributed by atoms with Crippen LogP contribution in [0.15, 0.2) is 30.5 Å². The molecule has 0 aliphatic heterocycles. The Hall–Kier alpha value is -2.70. The van der Waals surface area contributed by atoms with E-state index in [1.165, 1.54) is 12.3 Å². The molecule has 110 valence electrons. The maximum atomic E-state index is 13.2. The number of carbonyl (C=O) groups excluding carboxylic acids is 1. The molecule has 0 saturated carbocycles. The van der Waals surface area contributed by atoms with Crippen molar-refractivity contribution in [2.75, 3.05) is 17.7 Å². The number of rotatable bonds is 4. The van der Waals surface area contributed by atoms with Crippen molar-refractivity contribution in [3.8, 4) is 0 Å². The summed E-state index contributed by atoms with van der Waals surface area (Å²) in [6, 6.07) is 4.28. The highest BCUT2D eigenvalue weighted by atomic mass is 19.1. The number of anilines is 3. The van der Waals surface area contributed by atoms with Gasteiger partial charge in [-0.25, -0.2) is 18.6 Å². The molecule has 0 aliphatic carbocycles. The van der Waals surface area contributed by atoms with Gasteiger partial charge in [-0.3, -0.25) is 0 Å². The van der Waals surface area contributed by atoms with Gasteiger partial charge in [-0.2, -0.15) is 0 Å². The Labute approximate surface area is 119 Å². The third-order valence-electron chi connectivity index (χ3n) is 2.53. The number of nitrogens with zero attached hydrogens (tertiary/aromatic N) is 1. The summed E-state index contributed by atoms with van der Waals surface area (Å²) in [6.07, 6.45) is 1.32. The average Bonchev–Trinajstić information content (AvgIpc) is 2.40.